The van der Waals surface area contributed by atoms with Crippen molar-refractivity contribution in [2.75, 3.05) is 0 Å². The first-order valence-corrected chi connectivity index (χ1v) is 5.39. The Kier molecular flexibility index (Phi) is 2.95. The van der Waals surface area contributed by atoms with E-state index >= 15 is 0 Å². The van der Waals surface area contributed by atoms with Gasteiger partial charge in [-0.05, 0) is 12.1 Å². The van der Waals surface area contributed by atoms with Crippen molar-refractivity contribution in [1.82, 2.24) is 10.1 Å². The third kappa shape index (κ3) is 2.43. The molecule has 0 aliphatic heterocycles. The second kappa shape index (κ2) is 4.40. The molecule has 0 saturated carbocycles. The van der Waals surface area contributed by atoms with Crippen LogP contribution < -0.4 is 0 Å². The van der Waals surface area contributed by atoms with Crippen LogP contribution in [0.5, 0.6) is 0 Å². The quantitative estimate of drug-likeness (QED) is 0.817. The van der Waals surface area contributed by atoms with E-state index in [2.05, 4.69) is 10.1 Å². The maximum absolute atomic E-state index is 10.5. The molecule has 0 spiro atoms. The molecule has 0 aliphatic carbocycles. The molecule has 0 atom stereocenters. The van der Waals surface area contributed by atoms with Crippen LogP contribution in [-0.4, -0.2) is 21.2 Å². The Labute approximate surface area is 94.6 Å². The molecule has 2 rings (SSSR count). The largest absolute Gasteiger partial charge is 0.475 e. The van der Waals surface area contributed by atoms with Gasteiger partial charge in [-0.15, -0.1) is 0 Å². The molecule has 0 aromatic carbocycles. The Morgan fingerprint density at radius 1 is 1.56 bits per heavy atom. The maximum atomic E-state index is 10.5. The topological polar surface area (TPSA) is 89.4 Å². The van der Waals surface area contributed by atoms with E-state index in [1.54, 1.807) is 13.0 Å². The number of rotatable bonds is 4. The van der Waals surface area contributed by atoms with Gasteiger partial charge < -0.3 is 14.0 Å². The fourth-order valence-electron chi connectivity index (χ4n) is 1.05. The third-order valence-corrected chi connectivity index (χ3v) is 2.61. The summed E-state index contributed by atoms with van der Waals surface area (Å²) in [6.45, 7) is 1.70. The number of hydrogen-bond acceptors (Lipinski definition) is 6. The normalized spacial score (nSPS) is 10.6. The lowest BCUT2D eigenvalue weighted by Gasteiger charge is -1.91. The number of furan rings is 1. The molecule has 0 unspecified atom stereocenters. The van der Waals surface area contributed by atoms with Gasteiger partial charge >= 0.3 is 5.97 Å². The first kappa shape index (κ1) is 10.7. The van der Waals surface area contributed by atoms with Gasteiger partial charge in [0.2, 0.25) is 11.7 Å². The van der Waals surface area contributed by atoms with Gasteiger partial charge in [-0.3, -0.25) is 0 Å². The number of thioether (sulfide) groups is 1. The van der Waals surface area contributed by atoms with Gasteiger partial charge in [-0.2, -0.15) is 4.98 Å². The van der Waals surface area contributed by atoms with Gasteiger partial charge in [-0.1, -0.05) is 16.9 Å². The van der Waals surface area contributed by atoms with Gasteiger partial charge in [0.15, 0.2) is 10.9 Å². The summed E-state index contributed by atoms with van der Waals surface area (Å²) in [5, 5.41) is 12.9. The Morgan fingerprint density at radius 2 is 2.38 bits per heavy atom. The fraction of sp³-hybridized carbons (Fsp3) is 0.222. The summed E-state index contributed by atoms with van der Waals surface area (Å²) < 4.78 is 9.85. The number of carboxylic acids is 1. The smallest absolute Gasteiger partial charge is 0.371 e. The molecule has 7 heteroatoms. The molecule has 0 aliphatic rings. The number of carbonyl (C=O) groups is 1. The standard InChI is InChI=1S/C9H8N2O4S/c1-5-10-7(11-15-5)4-16-8-3-2-6(14-8)9(12)13/h2-3H,4H2,1H3,(H,12,13). The van der Waals surface area contributed by atoms with Crippen LogP contribution in [0.2, 0.25) is 0 Å². The Morgan fingerprint density at radius 3 is 2.94 bits per heavy atom. The van der Waals surface area contributed by atoms with E-state index in [-0.39, 0.29) is 5.76 Å². The van der Waals surface area contributed by atoms with Crippen molar-refractivity contribution in [2.45, 2.75) is 17.8 Å². The molecule has 2 aromatic heterocycles. The number of carboxylic acid groups (broad SMARTS) is 1. The van der Waals surface area contributed by atoms with Crippen molar-refractivity contribution < 1.29 is 18.8 Å². The van der Waals surface area contributed by atoms with Crippen molar-refractivity contribution in [3.63, 3.8) is 0 Å². The van der Waals surface area contributed by atoms with E-state index in [0.717, 1.165) is 0 Å². The summed E-state index contributed by atoms with van der Waals surface area (Å²) >= 11 is 1.31. The highest BCUT2D eigenvalue weighted by atomic mass is 32.2. The third-order valence-electron chi connectivity index (χ3n) is 1.71. The molecular formula is C9H8N2O4S. The van der Waals surface area contributed by atoms with Gasteiger partial charge in [0, 0.05) is 6.92 Å². The zero-order valence-corrected chi connectivity index (χ0v) is 9.15. The Balaban J connectivity index is 1.97. The van der Waals surface area contributed by atoms with Crippen molar-refractivity contribution >= 4 is 17.7 Å². The average Bonchev–Trinajstić information content (AvgIpc) is 2.83. The number of hydrogen-bond donors (Lipinski definition) is 1. The highest BCUT2D eigenvalue weighted by molar-refractivity contribution is 7.98. The molecule has 6 nitrogen and oxygen atoms in total. The van der Waals surface area contributed by atoms with E-state index in [0.29, 0.717) is 22.6 Å². The van der Waals surface area contributed by atoms with Crippen molar-refractivity contribution in [3.8, 4) is 0 Å². The zero-order valence-electron chi connectivity index (χ0n) is 8.34. The number of aromatic carboxylic acids is 1. The van der Waals surface area contributed by atoms with Gasteiger partial charge in [0.1, 0.15) is 0 Å². The zero-order chi connectivity index (χ0) is 11.5. The molecular weight excluding hydrogens is 232 g/mol. The first-order chi connectivity index (χ1) is 7.65. The summed E-state index contributed by atoms with van der Waals surface area (Å²) in [5.41, 5.74) is 0. The predicted octanol–water partition coefficient (Wildman–Crippen LogP) is 1.96. The monoisotopic (exact) mass is 240 g/mol. The van der Waals surface area contributed by atoms with Crippen LogP contribution in [0.3, 0.4) is 0 Å². The van der Waals surface area contributed by atoms with Crippen LogP contribution in [0.4, 0.5) is 0 Å². The second-order valence-corrected chi connectivity index (χ2v) is 3.92. The van der Waals surface area contributed by atoms with Crippen LogP contribution >= 0.6 is 11.8 Å². The highest BCUT2D eigenvalue weighted by Gasteiger charge is 2.10. The minimum absolute atomic E-state index is 0.0770. The SMILES string of the molecule is Cc1nc(CSc2ccc(C(=O)O)o2)no1. The molecule has 2 aromatic rings. The first-order valence-electron chi connectivity index (χ1n) is 4.40. The summed E-state index contributed by atoms with van der Waals surface area (Å²) in [6.07, 6.45) is 0. The number of aryl methyl sites for hydroxylation is 1. The van der Waals surface area contributed by atoms with E-state index in [9.17, 15) is 4.79 Å². The lowest BCUT2D eigenvalue weighted by atomic mass is 10.5. The summed E-state index contributed by atoms with van der Waals surface area (Å²) in [5.74, 6) is 0.371. The van der Waals surface area contributed by atoms with Gasteiger partial charge in [0.25, 0.3) is 0 Å². The number of nitrogens with zero attached hydrogens (tertiary/aromatic N) is 2. The lowest BCUT2D eigenvalue weighted by molar-refractivity contribution is 0.0656. The van der Waals surface area contributed by atoms with Crippen molar-refractivity contribution in [3.05, 3.63) is 29.6 Å². The maximum Gasteiger partial charge on any atom is 0.371 e. The summed E-state index contributed by atoms with van der Waals surface area (Å²) in [4.78, 5) is 14.6. The van der Waals surface area contributed by atoms with E-state index < -0.39 is 5.97 Å². The molecule has 1 N–H and O–H groups in total. The van der Waals surface area contributed by atoms with Gasteiger partial charge in [0.05, 0.1) is 5.75 Å². The molecule has 84 valence electrons. The van der Waals surface area contributed by atoms with E-state index in [1.807, 2.05) is 0 Å². The van der Waals surface area contributed by atoms with Gasteiger partial charge in [-0.25, -0.2) is 4.79 Å². The highest BCUT2D eigenvalue weighted by Crippen LogP contribution is 2.23. The summed E-state index contributed by atoms with van der Waals surface area (Å²) in [7, 11) is 0. The molecule has 0 radical (unpaired) electrons. The minimum atomic E-state index is -1.08. The van der Waals surface area contributed by atoms with Crippen molar-refractivity contribution in [1.29, 1.82) is 0 Å². The predicted molar refractivity (Wildman–Crippen MR) is 54.3 cm³/mol. The van der Waals surface area contributed by atoms with Crippen LogP contribution in [0.1, 0.15) is 22.3 Å². The fourth-order valence-corrected chi connectivity index (χ4v) is 1.75. The van der Waals surface area contributed by atoms with Crippen molar-refractivity contribution in [2.24, 2.45) is 0 Å². The Bertz CT molecular complexity index is 505. The van der Waals surface area contributed by atoms with Crippen LogP contribution in [0.15, 0.2) is 26.2 Å². The average molecular weight is 240 g/mol. The molecule has 0 amide bonds. The van der Waals surface area contributed by atoms with Crippen LogP contribution in [-0.2, 0) is 5.75 Å². The lowest BCUT2D eigenvalue weighted by Crippen LogP contribution is -1.91. The number of aromatic nitrogens is 2. The molecule has 0 bridgehead atoms. The minimum Gasteiger partial charge on any atom is -0.475 e. The molecule has 0 fully saturated rings. The van der Waals surface area contributed by atoms with E-state index in [1.165, 1.54) is 17.8 Å². The van der Waals surface area contributed by atoms with Crippen LogP contribution in [0, 0.1) is 6.92 Å². The second-order valence-electron chi connectivity index (χ2n) is 2.94. The Hall–Kier alpha value is -1.76. The molecule has 2 heterocycles. The van der Waals surface area contributed by atoms with E-state index in [4.69, 9.17) is 14.0 Å². The molecule has 16 heavy (non-hydrogen) atoms. The molecule has 0 saturated heterocycles. The summed E-state index contributed by atoms with van der Waals surface area (Å²) in [6, 6.07) is 3.01. The van der Waals surface area contributed by atoms with Crippen LogP contribution in [0.25, 0.3) is 0 Å².